The number of carbonyl (C=O) groups excluding carboxylic acids is 4. The van der Waals surface area contributed by atoms with E-state index in [9.17, 15) is 24.0 Å². The maximum absolute atomic E-state index is 11.2. The number of pyridine rings is 1. The number of ether oxygens (including phenoxy) is 3. The number of hydrogen-bond acceptors (Lipinski definition) is 10. The Hall–Kier alpha value is -2.32. The zero-order valence-corrected chi connectivity index (χ0v) is 24.5. The van der Waals surface area contributed by atoms with Gasteiger partial charge in [-0.2, -0.15) is 0 Å². The average molecular weight is 649 g/mol. The summed E-state index contributed by atoms with van der Waals surface area (Å²) in [6.07, 6.45) is 3.07. The highest BCUT2D eigenvalue weighted by atomic mass is 35.5. The second kappa shape index (κ2) is 30.9. The lowest BCUT2D eigenvalue weighted by Gasteiger charge is -2.00. The number of H-pyrrole nitrogens is 1. The maximum Gasteiger partial charge on any atom is 0.313 e. The average Bonchev–Trinajstić information content (AvgIpc) is 2.79. The number of esters is 1. The number of carbonyl (C=O) groups is 4. The third-order valence-corrected chi connectivity index (χ3v) is 3.65. The Morgan fingerprint density at radius 3 is 1.82 bits per heavy atom. The van der Waals surface area contributed by atoms with Gasteiger partial charge in [-0.25, -0.2) is 0 Å². The minimum atomic E-state index is -0.722. The monoisotopic (exact) mass is 646 g/mol. The predicted octanol–water partition coefficient (Wildman–Crippen LogP) is 4.34. The minimum absolute atomic E-state index is 0. The fourth-order valence-electron chi connectivity index (χ4n) is 1.33. The van der Waals surface area contributed by atoms with Gasteiger partial charge in [0.1, 0.15) is 23.5 Å². The molecule has 0 saturated carbocycles. The van der Waals surface area contributed by atoms with Crippen molar-refractivity contribution >= 4 is 80.2 Å². The highest BCUT2D eigenvalue weighted by Gasteiger charge is 2.13. The van der Waals surface area contributed by atoms with Gasteiger partial charge in [0.15, 0.2) is 5.78 Å². The first kappa shape index (κ1) is 45.6. The molecule has 1 aromatic rings. The summed E-state index contributed by atoms with van der Waals surface area (Å²) in [5, 5.41) is 7.35. The van der Waals surface area contributed by atoms with Crippen molar-refractivity contribution in [1.29, 1.82) is 0 Å². The zero-order valence-electron chi connectivity index (χ0n) is 20.7. The maximum atomic E-state index is 11.2. The lowest BCUT2D eigenvalue weighted by Crippen LogP contribution is -2.11. The summed E-state index contributed by atoms with van der Waals surface area (Å²) in [6.45, 7) is 6.68. The van der Waals surface area contributed by atoms with Gasteiger partial charge in [0.2, 0.25) is 10.5 Å². The number of aromatic amines is 1. The van der Waals surface area contributed by atoms with Gasteiger partial charge in [0.25, 0.3) is 5.56 Å². The number of aromatic nitrogens is 1. The smallest absolute Gasteiger partial charge is 0.313 e. The lowest BCUT2D eigenvalue weighted by molar-refractivity contribution is -0.144. The fraction of sp³-hybridized carbons (Fsp3) is 0.381. The Balaban J connectivity index is -0.000000132. The molecule has 220 valence electrons. The van der Waals surface area contributed by atoms with E-state index >= 15 is 0 Å². The second-order valence-corrected chi connectivity index (χ2v) is 7.37. The van der Waals surface area contributed by atoms with Gasteiger partial charge in [0.05, 0.1) is 37.5 Å². The molecule has 38 heavy (non-hydrogen) atoms. The molecule has 1 aromatic heterocycles. The third kappa shape index (κ3) is 33.7. The van der Waals surface area contributed by atoms with E-state index in [4.69, 9.17) is 67.8 Å². The van der Waals surface area contributed by atoms with Crippen LogP contribution in [0.5, 0.6) is 5.75 Å². The largest absolute Gasteiger partial charge is 0.506 e. The van der Waals surface area contributed by atoms with Gasteiger partial charge < -0.3 is 35.9 Å². The van der Waals surface area contributed by atoms with Crippen molar-refractivity contribution < 1.29 is 44.0 Å². The van der Waals surface area contributed by atoms with Crippen molar-refractivity contribution in [2.45, 2.75) is 33.6 Å². The predicted molar refractivity (Wildman–Crippen MR) is 147 cm³/mol. The number of nitrogens with one attached hydrogen (secondary N) is 1. The van der Waals surface area contributed by atoms with Crippen molar-refractivity contribution in [3.63, 3.8) is 0 Å². The van der Waals surface area contributed by atoms with Crippen LogP contribution in [0.4, 0.5) is 0 Å². The van der Waals surface area contributed by atoms with E-state index in [-0.39, 0.29) is 52.4 Å². The van der Waals surface area contributed by atoms with Gasteiger partial charge in [-0.05, 0) is 44.0 Å². The van der Waals surface area contributed by atoms with Crippen LogP contribution < -0.4 is 11.7 Å². The first-order chi connectivity index (χ1) is 16.9. The van der Waals surface area contributed by atoms with Crippen LogP contribution in [0.3, 0.4) is 0 Å². The molecule has 0 spiro atoms. The summed E-state index contributed by atoms with van der Waals surface area (Å²) >= 11 is 25.4. The number of Topliss-reactive ketones (excluding diaryl/α,β-unsaturated/α-hetero) is 1. The minimum Gasteiger partial charge on any atom is -0.506 e. The summed E-state index contributed by atoms with van der Waals surface area (Å²) in [5.41, 5.74) is 0.973. The summed E-state index contributed by atoms with van der Waals surface area (Å²) < 4.78 is 14.0. The van der Waals surface area contributed by atoms with E-state index in [1.165, 1.54) is 18.0 Å². The Bertz CT molecular complexity index is 912. The van der Waals surface area contributed by atoms with E-state index in [1.54, 1.807) is 13.8 Å². The van der Waals surface area contributed by atoms with Crippen LogP contribution in [-0.4, -0.2) is 57.6 Å². The molecule has 1 rings (SSSR count). The molecular weight excluding hydrogens is 618 g/mol. The van der Waals surface area contributed by atoms with E-state index < -0.39 is 22.2 Å². The molecule has 0 atom stereocenters. The van der Waals surface area contributed by atoms with Gasteiger partial charge in [-0.1, -0.05) is 34.8 Å². The summed E-state index contributed by atoms with van der Waals surface area (Å²) in [7, 11) is 0. The number of hydrogen-bond donors (Lipinski definition) is 3. The van der Waals surface area contributed by atoms with Crippen molar-refractivity contribution in [2.75, 3.05) is 19.8 Å². The number of ketones is 1. The molecule has 17 heteroatoms. The molecular formula is C21H31Cl5N2O10. The Labute approximate surface area is 244 Å². The molecule has 0 aliphatic rings. The highest BCUT2D eigenvalue weighted by molar-refractivity contribution is 6.72. The molecule has 12 nitrogen and oxygen atoms in total. The SMILES string of the molecule is CCO/C=C(\Cl)C(=O)CC(=O)OCC.CCO/C=C\Cl.N.O.O=C(Cl)CC(=O)Cl.O=c1cc(O)c(Cl)c[nH]1. The van der Waals surface area contributed by atoms with Crippen LogP contribution in [0.25, 0.3) is 0 Å². The van der Waals surface area contributed by atoms with Crippen LogP contribution >= 0.6 is 58.0 Å². The molecule has 0 aliphatic carbocycles. The summed E-state index contributed by atoms with van der Waals surface area (Å²) in [5.74, 6) is -1.28. The third-order valence-electron chi connectivity index (χ3n) is 2.68. The molecule has 0 aliphatic heterocycles. The highest BCUT2D eigenvalue weighted by Crippen LogP contribution is 2.17. The molecule has 0 radical (unpaired) electrons. The number of halogens is 5. The lowest BCUT2D eigenvalue weighted by atomic mass is 10.3. The molecule has 0 amide bonds. The van der Waals surface area contributed by atoms with Crippen molar-refractivity contribution in [3.8, 4) is 5.75 Å². The van der Waals surface area contributed by atoms with Gasteiger partial charge in [0, 0.05) is 17.8 Å². The second-order valence-electron chi connectivity index (χ2n) is 5.46. The Kier molecular flexibility index (Phi) is 37.1. The normalized spacial score (nSPS) is 9.32. The van der Waals surface area contributed by atoms with Crippen LogP contribution in [0, 0.1) is 0 Å². The molecule has 0 bridgehead atoms. The molecule has 7 N–H and O–H groups in total. The van der Waals surface area contributed by atoms with E-state index in [0.29, 0.717) is 13.2 Å². The number of rotatable bonds is 10. The van der Waals surface area contributed by atoms with Gasteiger partial charge >= 0.3 is 5.97 Å². The number of aromatic hydroxyl groups is 1. The van der Waals surface area contributed by atoms with Crippen molar-refractivity contribution in [2.24, 2.45) is 0 Å². The van der Waals surface area contributed by atoms with Crippen LogP contribution in [-0.2, 0) is 33.4 Å². The standard InChI is InChI=1S/C9H13ClO4.C5H4ClNO2.C4H7ClO.C3H2Cl2O2.H3N.H2O/c1-3-13-6-7(10)8(11)5-9(12)14-4-2;6-3-2-7-5(9)1-4(3)8;1-2-6-4-3-5;4-2(6)1-3(5)7;;/h6H,3-5H2,1-2H3;1-2H,(H2,7,8,9);3-4H,2H2,1H3;1H2;1H3;1H2/b7-6-;;4-3-;;;. The van der Waals surface area contributed by atoms with Crippen molar-refractivity contribution in [3.05, 3.63) is 50.7 Å². The Morgan fingerprint density at radius 1 is 0.974 bits per heavy atom. The van der Waals surface area contributed by atoms with Gasteiger partial charge in [-0.3, -0.25) is 24.0 Å². The molecule has 0 unspecified atom stereocenters. The first-order valence-electron chi connectivity index (χ1n) is 9.82. The Morgan fingerprint density at radius 2 is 1.50 bits per heavy atom. The van der Waals surface area contributed by atoms with Gasteiger partial charge in [-0.15, -0.1) is 0 Å². The number of allylic oxidation sites excluding steroid dienone is 1. The molecule has 0 fully saturated rings. The molecule has 0 aromatic carbocycles. The van der Waals surface area contributed by atoms with E-state index in [1.807, 2.05) is 6.92 Å². The fourth-order valence-corrected chi connectivity index (χ4v) is 1.96. The van der Waals surface area contributed by atoms with Crippen LogP contribution in [0.15, 0.2) is 40.1 Å². The summed E-state index contributed by atoms with van der Waals surface area (Å²) in [4.78, 5) is 54.1. The molecule has 0 saturated heterocycles. The first-order valence-corrected chi connectivity index (χ1v) is 11.8. The quantitative estimate of drug-likeness (QED) is 0.107. The molecule has 1 heterocycles. The topological polar surface area (TPSA) is 216 Å². The zero-order chi connectivity index (χ0) is 28.5. The van der Waals surface area contributed by atoms with Crippen LogP contribution in [0.2, 0.25) is 5.02 Å². The van der Waals surface area contributed by atoms with E-state index in [0.717, 1.165) is 12.3 Å². The summed E-state index contributed by atoms with van der Waals surface area (Å²) in [6, 6.07) is 1.02. The van der Waals surface area contributed by atoms with Crippen LogP contribution in [0.1, 0.15) is 33.6 Å². The van der Waals surface area contributed by atoms with E-state index in [2.05, 4.69) is 14.5 Å². The van der Waals surface area contributed by atoms with Crippen molar-refractivity contribution in [1.82, 2.24) is 11.1 Å².